The van der Waals surface area contributed by atoms with Gasteiger partial charge in [-0.15, -0.1) is 0 Å². The SMILES string of the molecule is CC1(C)OCC(c2ccc(NC(=O)NCc3cc(C(F)(F)F)nn3-c3cccc(Cl)c3)cn2)O1. The van der Waals surface area contributed by atoms with Gasteiger partial charge in [0.25, 0.3) is 0 Å². The molecule has 1 aliphatic heterocycles. The molecule has 2 aromatic heterocycles. The maximum absolute atomic E-state index is 13.2. The van der Waals surface area contributed by atoms with Crippen molar-refractivity contribution in [1.29, 1.82) is 0 Å². The first-order chi connectivity index (χ1) is 16.0. The number of alkyl halides is 3. The fourth-order valence-electron chi connectivity index (χ4n) is 3.36. The number of nitrogens with zero attached hydrogens (tertiary/aromatic N) is 3. The second kappa shape index (κ2) is 9.24. The van der Waals surface area contributed by atoms with Crippen molar-refractivity contribution in [3.63, 3.8) is 0 Å². The number of anilines is 1. The van der Waals surface area contributed by atoms with Crippen LogP contribution in [-0.2, 0) is 22.2 Å². The van der Waals surface area contributed by atoms with Crippen LogP contribution in [0.2, 0.25) is 5.02 Å². The molecule has 1 saturated heterocycles. The quantitative estimate of drug-likeness (QED) is 0.515. The van der Waals surface area contributed by atoms with Gasteiger partial charge in [0.05, 0.1) is 42.1 Å². The molecule has 3 aromatic rings. The molecule has 0 saturated carbocycles. The van der Waals surface area contributed by atoms with Crippen molar-refractivity contribution in [2.75, 3.05) is 11.9 Å². The molecule has 1 aliphatic rings. The molecule has 1 fully saturated rings. The van der Waals surface area contributed by atoms with Gasteiger partial charge >= 0.3 is 12.2 Å². The number of pyridine rings is 1. The van der Waals surface area contributed by atoms with Crippen LogP contribution in [0.25, 0.3) is 5.69 Å². The number of rotatable bonds is 5. The van der Waals surface area contributed by atoms with Gasteiger partial charge in [0.15, 0.2) is 11.5 Å². The Morgan fingerprint density at radius 3 is 2.68 bits per heavy atom. The Labute approximate surface area is 198 Å². The molecule has 12 heteroatoms. The normalized spacial score (nSPS) is 17.5. The fraction of sp³-hybridized carbons (Fsp3) is 0.318. The Hall–Kier alpha value is -3.15. The Balaban J connectivity index is 1.42. The van der Waals surface area contributed by atoms with Crippen molar-refractivity contribution in [3.05, 3.63) is 70.8 Å². The zero-order valence-corrected chi connectivity index (χ0v) is 18.9. The maximum Gasteiger partial charge on any atom is 0.435 e. The molecule has 8 nitrogen and oxygen atoms in total. The Kier molecular flexibility index (Phi) is 6.52. The number of ether oxygens (including phenoxy) is 2. The minimum absolute atomic E-state index is 0.124. The summed E-state index contributed by atoms with van der Waals surface area (Å²) < 4.78 is 52.0. The second-order valence-corrected chi connectivity index (χ2v) is 8.44. The molecule has 34 heavy (non-hydrogen) atoms. The lowest BCUT2D eigenvalue weighted by Crippen LogP contribution is -2.29. The third-order valence-electron chi connectivity index (χ3n) is 4.94. The smallest absolute Gasteiger partial charge is 0.347 e. The number of urea groups is 1. The predicted octanol–water partition coefficient (Wildman–Crippen LogP) is 5.09. The van der Waals surface area contributed by atoms with Crippen LogP contribution in [0.3, 0.4) is 0 Å². The molecule has 0 aliphatic carbocycles. The van der Waals surface area contributed by atoms with Crippen LogP contribution in [0.15, 0.2) is 48.7 Å². The number of benzene rings is 1. The van der Waals surface area contributed by atoms with E-state index in [-0.39, 0.29) is 18.3 Å². The topological polar surface area (TPSA) is 90.3 Å². The zero-order chi connectivity index (χ0) is 24.5. The number of carbonyl (C=O) groups excluding carboxylic acids is 1. The van der Waals surface area contributed by atoms with Crippen molar-refractivity contribution in [2.45, 2.75) is 38.5 Å². The molecule has 0 bridgehead atoms. The van der Waals surface area contributed by atoms with E-state index in [9.17, 15) is 18.0 Å². The van der Waals surface area contributed by atoms with Gasteiger partial charge in [0, 0.05) is 5.02 Å². The van der Waals surface area contributed by atoms with Gasteiger partial charge in [0.1, 0.15) is 6.10 Å². The average molecular weight is 496 g/mol. The summed E-state index contributed by atoms with van der Waals surface area (Å²) in [6.45, 7) is 3.77. The van der Waals surface area contributed by atoms with Crippen LogP contribution in [0, 0.1) is 0 Å². The molecule has 1 atom stereocenters. The number of hydrogen-bond acceptors (Lipinski definition) is 5. The first-order valence-corrected chi connectivity index (χ1v) is 10.6. The summed E-state index contributed by atoms with van der Waals surface area (Å²) in [7, 11) is 0. The van der Waals surface area contributed by atoms with Crippen molar-refractivity contribution >= 4 is 23.3 Å². The number of aromatic nitrogens is 3. The molecular formula is C22H21ClF3N5O3. The molecule has 2 amide bonds. The largest absolute Gasteiger partial charge is 0.435 e. The standard InChI is InChI=1S/C22H21ClF3N5O3/c1-21(2)33-12-18(34-21)17-7-6-14(10-27-17)29-20(32)28-11-16-9-19(22(24,25)26)30-31(16)15-5-3-4-13(23)8-15/h3-10,18H,11-12H2,1-2H3,(H2,28,29,32). The molecule has 1 unspecified atom stereocenters. The van der Waals surface area contributed by atoms with E-state index in [2.05, 4.69) is 20.7 Å². The van der Waals surface area contributed by atoms with Crippen LogP contribution in [0.5, 0.6) is 0 Å². The average Bonchev–Trinajstić information content (AvgIpc) is 3.36. The van der Waals surface area contributed by atoms with Gasteiger partial charge in [-0.25, -0.2) is 9.48 Å². The molecular weight excluding hydrogens is 475 g/mol. The van der Waals surface area contributed by atoms with Crippen molar-refractivity contribution in [2.24, 2.45) is 0 Å². The number of nitrogens with one attached hydrogen (secondary N) is 2. The van der Waals surface area contributed by atoms with E-state index in [4.69, 9.17) is 21.1 Å². The van der Waals surface area contributed by atoms with Gasteiger partial charge in [-0.2, -0.15) is 18.3 Å². The van der Waals surface area contributed by atoms with E-state index in [0.717, 1.165) is 10.7 Å². The predicted molar refractivity (Wildman–Crippen MR) is 118 cm³/mol. The van der Waals surface area contributed by atoms with E-state index < -0.39 is 23.7 Å². The molecule has 1 aromatic carbocycles. The molecule has 0 radical (unpaired) electrons. The van der Waals surface area contributed by atoms with Gasteiger partial charge in [-0.05, 0) is 50.2 Å². The maximum atomic E-state index is 13.2. The number of halogens is 4. The molecule has 4 rings (SSSR count). The summed E-state index contributed by atoms with van der Waals surface area (Å²) >= 11 is 5.96. The lowest BCUT2D eigenvalue weighted by atomic mass is 10.2. The van der Waals surface area contributed by atoms with Crippen LogP contribution < -0.4 is 10.6 Å². The van der Waals surface area contributed by atoms with E-state index >= 15 is 0 Å². The van der Waals surface area contributed by atoms with Gasteiger partial charge in [0.2, 0.25) is 0 Å². The molecule has 2 N–H and O–H groups in total. The fourth-order valence-corrected chi connectivity index (χ4v) is 3.55. The van der Waals surface area contributed by atoms with Crippen LogP contribution in [0.1, 0.15) is 37.0 Å². The first kappa shape index (κ1) is 24.0. The molecule has 180 valence electrons. The summed E-state index contributed by atoms with van der Waals surface area (Å²) in [5.41, 5.74) is 0.437. The van der Waals surface area contributed by atoms with E-state index in [1.807, 2.05) is 13.8 Å². The lowest BCUT2D eigenvalue weighted by Gasteiger charge is -2.16. The van der Waals surface area contributed by atoms with E-state index in [0.29, 0.717) is 28.7 Å². The van der Waals surface area contributed by atoms with Crippen LogP contribution in [-0.4, -0.2) is 33.2 Å². The minimum Gasteiger partial charge on any atom is -0.347 e. The highest BCUT2D eigenvalue weighted by molar-refractivity contribution is 6.30. The Bertz CT molecular complexity index is 1180. The summed E-state index contributed by atoms with van der Waals surface area (Å²) in [4.78, 5) is 16.6. The third kappa shape index (κ3) is 5.66. The van der Waals surface area contributed by atoms with Gasteiger partial charge < -0.3 is 20.1 Å². The van der Waals surface area contributed by atoms with Gasteiger partial charge in [-0.1, -0.05) is 17.7 Å². The lowest BCUT2D eigenvalue weighted by molar-refractivity contribution is -0.141. The third-order valence-corrected chi connectivity index (χ3v) is 5.17. The molecule has 3 heterocycles. The summed E-state index contributed by atoms with van der Waals surface area (Å²) in [5.74, 6) is -0.688. The van der Waals surface area contributed by atoms with Crippen molar-refractivity contribution in [3.8, 4) is 5.69 Å². The zero-order valence-electron chi connectivity index (χ0n) is 18.2. The number of amides is 2. The summed E-state index contributed by atoms with van der Waals surface area (Å²) in [6.07, 6.45) is -3.49. The summed E-state index contributed by atoms with van der Waals surface area (Å²) in [5, 5.41) is 9.11. The highest BCUT2D eigenvalue weighted by atomic mass is 35.5. The minimum atomic E-state index is -4.64. The monoisotopic (exact) mass is 495 g/mol. The van der Waals surface area contributed by atoms with E-state index in [1.165, 1.54) is 12.3 Å². The van der Waals surface area contributed by atoms with Crippen molar-refractivity contribution in [1.82, 2.24) is 20.1 Å². The van der Waals surface area contributed by atoms with Crippen molar-refractivity contribution < 1.29 is 27.4 Å². The Morgan fingerprint density at radius 1 is 1.26 bits per heavy atom. The second-order valence-electron chi connectivity index (χ2n) is 8.01. The highest BCUT2D eigenvalue weighted by Crippen LogP contribution is 2.32. The first-order valence-electron chi connectivity index (χ1n) is 10.2. The molecule has 0 spiro atoms. The Morgan fingerprint density at radius 2 is 2.06 bits per heavy atom. The highest BCUT2D eigenvalue weighted by Gasteiger charge is 2.35. The van der Waals surface area contributed by atoms with Crippen LogP contribution in [0.4, 0.5) is 23.7 Å². The summed E-state index contributed by atoms with van der Waals surface area (Å²) in [6, 6.07) is 9.84. The van der Waals surface area contributed by atoms with Gasteiger partial charge in [-0.3, -0.25) is 4.98 Å². The van der Waals surface area contributed by atoms with Crippen LogP contribution >= 0.6 is 11.6 Å². The number of carbonyl (C=O) groups is 1. The van der Waals surface area contributed by atoms with E-state index in [1.54, 1.807) is 30.3 Å². The number of hydrogen-bond donors (Lipinski definition) is 2.